The minimum atomic E-state index is -0.292. The van der Waals surface area contributed by atoms with Crippen LogP contribution in [0.3, 0.4) is 0 Å². The van der Waals surface area contributed by atoms with Gasteiger partial charge in [0, 0.05) is 0 Å². The van der Waals surface area contributed by atoms with E-state index in [1.54, 1.807) is 46.0 Å². The molecule has 4 aromatic rings. The Balaban J connectivity index is 2.14. The van der Waals surface area contributed by atoms with Gasteiger partial charge in [-0.2, -0.15) is 0 Å². The van der Waals surface area contributed by atoms with E-state index in [1.807, 2.05) is 0 Å². The number of imidazole rings is 1. The van der Waals surface area contributed by atoms with Crippen molar-refractivity contribution < 1.29 is 4.57 Å². The van der Waals surface area contributed by atoms with E-state index in [0.717, 1.165) is 0 Å². The van der Waals surface area contributed by atoms with Gasteiger partial charge < -0.3 is 0 Å². The standard InChI is InChI=1S/C14H6N7OP/c15-5-9-3-12-10(4-11(9)20-2-1-16-8-20)17-6-13-18-19-14(7-23-22)21(12)13/h1-4,6,8H. The van der Waals surface area contributed by atoms with Gasteiger partial charge in [-0.3, -0.25) is 0 Å². The van der Waals surface area contributed by atoms with E-state index in [0.29, 0.717) is 33.8 Å². The number of rotatable bonds is 1. The summed E-state index contributed by atoms with van der Waals surface area (Å²) in [6.07, 6.45) is 6.56. The second kappa shape index (κ2) is 5.18. The molecule has 3 heterocycles. The molecule has 0 bridgehead atoms. The van der Waals surface area contributed by atoms with Crippen molar-refractivity contribution in [2.45, 2.75) is 0 Å². The number of fused-ring (bicyclic) bond motifs is 3. The first-order chi connectivity index (χ1) is 11.3. The molecule has 108 valence electrons. The topological polar surface area (TPSA) is 102 Å². The zero-order valence-electron chi connectivity index (χ0n) is 11.5. The van der Waals surface area contributed by atoms with Crippen molar-refractivity contribution in [1.29, 1.82) is 5.26 Å². The molecule has 8 nitrogen and oxygen atoms in total. The van der Waals surface area contributed by atoms with Gasteiger partial charge in [0.1, 0.15) is 0 Å². The molecule has 0 radical (unpaired) electrons. The summed E-state index contributed by atoms with van der Waals surface area (Å²) in [6, 6.07) is 5.65. The number of nitrogens with zero attached hydrogens (tertiary/aromatic N) is 7. The molecule has 0 spiro atoms. The molecule has 9 heteroatoms. The number of hydrogen-bond donors (Lipinski definition) is 0. The van der Waals surface area contributed by atoms with Crippen molar-refractivity contribution >= 4 is 24.6 Å². The Morgan fingerprint density at radius 3 is 2.91 bits per heavy atom. The van der Waals surface area contributed by atoms with E-state index < -0.39 is 0 Å². The van der Waals surface area contributed by atoms with Crippen molar-refractivity contribution in [3.63, 3.8) is 0 Å². The molecule has 23 heavy (non-hydrogen) atoms. The van der Waals surface area contributed by atoms with E-state index >= 15 is 0 Å². The maximum absolute atomic E-state index is 10.8. The molecule has 0 aliphatic carbocycles. The van der Waals surface area contributed by atoms with Crippen molar-refractivity contribution in [1.82, 2.24) is 29.1 Å². The molecule has 0 N–H and O–H groups in total. The molecule has 0 aliphatic heterocycles. The first kappa shape index (κ1) is 13.4. The summed E-state index contributed by atoms with van der Waals surface area (Å²) < 4.78 is 14.2. The Hall–Kier alpha value is -3.26. The predicted octanol–water partition coefficient (Wildman–Crippen LogP) is 1.93. The molecule has 0 unspecified atom stereocenters. The Kier molecular flexibility index (Phi) is 3.02. The molecule has 0 aliphatic rings. The van der Waals surface area contributed by atoms with E-state index in [-0.39, 0.29) is 7.92 Å². The Morgan fingerprint density at radius 1 is 1.26 bits per heavy atom. The Bertz CT molecular complexity index is 1200. The van der Waals surface area contributed by atoms with Crippen LogP contribution >= 0.6 is 7.92 Å². The summed E-state index contributed by atoms with van der Waals surface area (Å²) in [6.45, 7) is 0. The number of nitriles is 1. The van der Waals surface area contributed by atoms with Crippen molar-refractivity contribution in [3.8, 4) is 17.4 Å². The van der Waals surface area contributed by atoms with Gasteiger partial charge in [0.15, 0.2) is 0 Å². The number of aromatic nitrogens is 6. The van der Waals surface area contributed by atoms with Crippen LogP contribution < -0.4 is 0 Å². The van der Waals surface area contributed by atoms with Crippen LogP contribution in [-0.4, -0.2) is 29.1 Å². The van der Waals surface area contributed by atoms with Gasteiger partial charge in [0.05, 0.1) is 0 Å². The van der Waals surface area contributed by atoms with Gasteiger partial charge in [-0.1, -0.05) is 0 Å². The fourth-order valence-electron chi connectivity index (χ4n) is 2.41. The molecule has 0 atom stereocenters. The van der Waals surface area contributed by atoms with Crippen LogP contribution in [-0.2, 0) is 4.57 Å². The summed E-state index contributed by atoms with van der Waals surface area (Å²) in [4.78, 5) is 8.35. The van der Waals surface area contributed by atoms with Crippen LogP contribution in [0.4, 0.5) is 0 Å². The SMILES string of the molecule is N#Cc1cc2c(cc1-n1ccnc1)ncc1nnc(C#P=O)n12. The average Bonchev–Trinajstić information content (AvgIpc) is 3.24. The van der Waals surface area contributed by atoms with E-state index in [2.05, 4.69) is 31.9 Å². The summed E-state index contributed by atoms with van der Waals surface area (Å²) in [5.74, 6) is 0.309. The second-order valence-electron chi connectivity index (χ2n) is 4.62. The molecule has 0 saturated heterocycles. The Morgan fingerprint density at radius 2 is 2.17 bits per heavy atom. The number of hydrogen-bond acceptors (Lipinski definition) is 6. The van der Waals surface area contributed by atoms with Crippen LogP contribution in [0.25, 0.3) is 22.4 Å². The molecule has 0 amide bonds. The third-order valence-electron chi connectivity index (χ3n) is 3.39. The van der Waals surface area contributed by atoms with Gasteiger partial charge in [-0.05, 0) is 0 Å². The fourth-order valence-corrected chi connectivity index (χ4v) is 2.64. The molecule has 0 saturated carbocycles. The van der Waals surface area contributed by atoms with Crippen LogP contribution in [0.2, 0.25) is 0 Å². The average molecular weight is 319 g/mol. The summed E-state index contributed by atoms with van der Waals surface area (Å²) in [5, 5.41) is 17.3. The second-order valence-corrected chi connectivity index (χ2v) is 5.02. The predicted molar refractivity (Wildman–Crippen MR) is 80.7 cm³/mol. The Labute approximate surface area is 130 Å². The maximum atomic E-state index is 10.8. The van der Waals surface area contributed by atoms with Crippen LogP contribution in [0, 0.1) is 17.0 Å². The fraction of sp³-hybridized carbons (Fsp3) is 0. The molecule has 1 aromatic carbocycles. The van der Waals surface area contributed by atoms with E-state index in [9.17, 15) is 9.83 Å². The quantitative estimate of drug-likeness (QED) is 0.497. The first-order valence-corrected chi connectivity index (χ1v) is 7.28. The van der Waals surface area contributed by atoms with E-state index in [1.165, 1.54) is 0 Å². The first-order valence-electron chi connectivity index (χ1n) is 6.46. The monoisotopic (exact) mass is 319 g/mol. The van der Waals surface area contributed by atoms with Crippen molar-refractivity contribution in [3.05, 3.63) is 48.4 Å². The van der Waals surface area contributed by atoms with Crippen LogP contribution in [0.1, 0.15) is 11.4 Å². The zero-order chi connectivity index (χ0) is 15.8. The van der Waals surface area contributed by atoms with Gasteiger partial charge in [0.25, 0.3) is 0 Å². The van der Waals surface area contributed by atoms with Crippen molar-refractivity contribution in [2.75, 3.05) is 0 Å². The summed E-state index contributed by atoms with van der Waals surface area (Å²) in [7, 11) is -0.292. The molecular formula is C14H6N7OP. The summed E-state index contributed by atoms with van der Waals surface area (Å²) in [5.41, 5.74) is 5.48. The normalized spacial score (nSPS) is 10.6. The van der Waals surface area contributed by atoms with E-state index in [4.69, 9.17) is 0 Å². The van der Waals surface area contributed by atoms with Gasteiger partial charge in [-0.15, -0.1) is 0 Å². The van der Waals surface area contributed by atoms with Gasteiger partial charge in [-0.25, -0.2) is 0 Å². The van der Waals surface area contributed by atoms with Gasteiger partial charge in [0.2, 0.25) is 0 Å². The molecule has 0 fully saturated rings. The summed E-state index contributed by atoms with van der Waals surface area (Å²) >= 11 is 0. The molecule has 3 aromatic heterocycles. The third kappa shape index (κ3) is 2.04. The van der Waals surface area contributed by atoms with Gasteiger partial charge >= 0.3 is 129 Å². The van der Waals surface area contributed by atoms with Crippen LogP contribution in [0.15, 0.2) is 37.1 Å². The molecular weight excluding hydrogens is 313 g/mol. The zero-order valence-corrected chi connectivity index (χ0v) is 12.3. The van der Waals surface area contributed by atoms with Crippen LogP contribution in [0.5, 0.6) is 0 Å². The number of benzene rings is 1. The molecule has 4 rings (SSSR count). The minimum absolute atomic E-state index is 0.292. The van der Waals surface area contributed by atoms with Crippen molar-refractivity contribution in [2.24, 2.45) is 0 Å². The third-order valence-corrected chi connectivity index (χ3v) is 3.68.